The average molecular weight is 195 g/mol. The van der Waals surface area contributed by atoms with Crippen LogP contribution in [0.3, 0.4) is 0 Å². The minimum Gasteiger partial charge on any atom is -0.315 e. The van der Waals surface area contributed by atoms with Crippen molar-refractivity contribution in [3.63, 3.8) is 0 Å². The molecule has 76 valence electrons. The van der Waals surface area contributed by atoms with Crippen LogP contribution >= 0.6 is 0 Å². The quantitative estimate of drug-likeness (QED) is 0.794. The molecule has 1 amide bonds. The molecule has 0 aromatic carbocycles. The van der Waals surface area contributed by atoms with Crippen molar-refractivity contribution in [1.82, 2.24) is 10.1 Å². The van der Waals surface area contributed by atoms with Gasteiger partial charge in [-0.05, 0) is 12.8 Å². The fraction of sp³-hybridized carbons (Fsp3) is 0.667. The summed E-state index contributed by atoms with van der Waals surface area (Å²) in [5.74, 6) is 0.981. The first-order valence-electron chi connectivity index (χ1n) is 4.81. The Hall–Kier alpha value is -1.39. The number of carbonyl (C=O) groups is 1. The molecular formula is C9H13N3O2. The fourth-order valence-corrected chi connectivity index (χ4v) is 1.07. The molecule has 1 aliphatic rings. The first-order valence-corrected chi connectivity index (χ1v) is 4.81. The Labute approximate surface area is 81.9 Å². The molecule has 1 aromatic heterocycles. The van der Waals surface area contributed by atoms with Gasteiger partial charge in [0.2, 0.25) is 5.91 Å². The summed E-state index contributed by atoms with van der Waals surface area (Å²) < 4.78 is 4.88. The molecule has 1 saturated carbocycles. The number of hydrogen-bond donors (Lipinski definition) is 1. The Morgan fingerprint density at radius 1 is 1.57 bits per heavy atom. The van der Waals surface area contributed by atoms with Gasteiger partial charge in [-0.15, -0.1) is 0 Å². The van der Waals surface area contributed by atoms with Gasteiger partial charge in [-0.1, -0.05) is 19.0 Å². The first-order chi connectivity index (χ1) is 6.66. The van der Waals surface area contributed by atoms with E-state index in [-0.39, 0.29) is 23.8 Å². The number of hydrogen-bond acceptors (Lipinski definition) is 4. The monoisotopic (exact) mass is 195 g/mol. The number of aromatic nitrogens is 2. The standard InChI is InChI=1S/C9H13N3O2/c1-5(2)7-10-9(14-12-7)11-8(13)6-3-4-6/h5-6H,3-4H2,1-2H3,(H,10,11,12,13). The number of carbonyl (C=O) groups excluding carboxylic acids is 1. The Morgan fingerprint density at radius 2 is 2.29 bits per heavy atom. The Bertz CT molecular complexity index is 342. The highest BCUT2D eigenvalue weighted by Crippen LogP contribution is 2.30. The first kappa shape index (κ1) is 9.18. The number of rotatable bonds is 3. The van der Waals surface area contributed by atoms with Gasteiger partial charge in [0.05, 0.1) is 0 Å². The van der Waals surface area contributed by atoms with Crippen molar-refractivity contribution in [2.75, 3.05) is 5.32 Å². The van der Waals surface area contributed by atoms with Crippen LogP contribution in [0.5, 0.6) is 0 Å². The molecule has 2 rings (SSSR count). The van der Waals surface area contributed by atoms with Crippen LogP contribution in [-0.4, -0.2) is 16.0 Å². The molecule has 0 aliphatic heterocycles. The van der Waals surface area contributed by atoms with Gasteiger partial charge >= 0.3 is 6.01 Å². The maximum Gasteiger partial charge on any atom is 0.328 e. The molecule has 0 saturated heterocycles. The normalized spacial score (nSPS) is 15.9. The third kappa shape index (κ3) is 1.92. The fourth-order valence-electron chi connectivity index (χ4n) is 1.07. The minimum atomic E-state index is -0.0102. The Balaban J connectivity index is 1.98. The maximum atomic E-state index is 11.3. The van der Waals surface area contributed by atoms with E-state index < -0.39 is 0 Å². The molecule has 1 N–H and O–H groups in total. The zero-order chi connectivity index (χ0) is 10.1. The van der Waals surface area contributed by atoms with Crippen LogP contribution in [0.25, 0.3) is 0 Å². The van der Waals surface area contributed by atoms with E-state index >= 15 is 0 Å². The van der Waals surface area contributed by atoms with E-state index in [1.165, 1.54) is 0 Å². The second-order valence-electron chi connectivity index (χ2n) is 3.88. The van der Waals surface area contributed by atoms with E-state index in [9.17, 15) is 4.79 Å². The lowest BCUT2D eigenvalue weighted by Crippen LogP contribution is -2.13. The molecular weight excluding hydrogens is 182 g/mol. The minimum absolute atomic E-state index is 0.0102. The van der Waals surface area contributed by atoms with Gasteiger partial charge in [0.1, 0.15) is 0 Å². The molecule has 14 heavy (non-hydrogen) atoms. The van der Waals surface area contributed by atoms with Crippen molar-refractivity contribution in [3.8, 4) is 0 Å². The van der Waals surface area contributed by atoms with E-state index in [1.54, 1.807) is 0 Å². The maximum absolute atomic E-state index is 11.3. The lowest BCUT2D eigenvalue weighted by atomic mass is 10.2. The van der Waals surface area contributed by atoms with Gasteiger partial charge in [-0.25, -0.2) is 0 Å². The van der Waals surface area contributed by atoms with E-state index in [1.807, 2.05) is 13.8 Å². The summed E-state index contributed by atoms with van der Waals surface area (Å²) >= 11 is 0. The van der Waals surface area contributed by atoms with Gasteiger partial charge in [0, 0.05) is 11.8 Å². The van der Waals surface area contributed by atoms with Crippen LogP contribution in [0.4, 0.5) is 6.01 Å². The predicted octanol–water partition coefficient (Wildman–Crippen LogP) is 1.54. The van der Waals surface area contributed by atoms with Crippen molar-refractivity contribution in [3.05, 3.63) is 5.82 Å². The number of anilines is 1. The highest BCUT2D eigenvalue weighted by molar-refractivity contribution is 5.92. The van der Waals surface area contributed by atoms with Crippen molar-refractivity contribution < 1.29 is 9.32 Å². The molecule has 1 aromatic rings. The van der Waals surface area contributed by atoms with Crippen LogP contribution in [0.2, 0.25) is 0 Å². The molecule has 0 bridgehead atoms. The van der Waals surface area contributed by atoms with Crippen LogP contribution in [0.1, 0.15) is 38.4 Å². The molecule has 5 nitrogen and oxygen atoms in total. The van der Waals surface area contributed by atoms with Gasteiger partial charge in [0.25, 0.3) is 0 Å². The third-order valence-corrected chi connectivity index (χ3v) is 2.14. The second kappa shape index (κ2) is 3.40. The van der Waals surface area contributed by atoms with Crippen molar-refractivity contribution >= 4 is 11.9 Å². The van der Waals surface area contributed by atoms with Crippen molar-refractivity contribution in [2.45, 2.75) is 32.6 Å². The summed E-state index contributed by atoms with van der Waals surface area (Å²) in [7, 11) is 0. The summed E-state index contributed by atoms with van der Waals surface area (Å²) in [6, 6.07) is 0.214. The van der Waals surface area contributed by atoms with Crippen LogP contribution in [0.15, 0.2) is 4.52 Å². The van der Waals surface area contributed by atoms with E-state index in [0.29, 0.717) is 5.82 Å². The lowest BCUT2D eigenvalue weighted by Gasteiger charge is -1.95. The summed E-state index contributed by atoms with van der Waals surface area (Å²) in [6.45, 7) is 3.94. The topological polar surface area (TPSA) is 68.0 Å². The van der Waals surface area contributed by atoms with Gasteiger partial charge < -0.3 is 4.52 Å². The van der Waals surface area contributed by atoms with Crippen LogP contribution < -0.4 is 5.32 Å². The largest absolute Gasteiger partial charge is 0.328 e. The molecule has 0 spiro atoms. The van der Waals surface area contributed by atoms with E-state index in [2.05, 4.69) is 15.5 Å². The van der Waals surface area contributed by atoms with Gasteiger partial charge in [0.15, 0.2) is 5.82 Å². The number of nitrogens with zero attached hydrogens (tertiary/aromatic N) is 2. The summed E-state index contributed by atoms with van der Waals surface area (Å²) in [5, 5.41) is 6.35. The molecule has 1 fully saturated rings. The zero-order valence-corrected chi connectivity index (χ0v) is 8.28. The van der Waals surface area contributed by atoms with Crippen molar-refractivity contribution in [1.29, 1.82) is 0 Å². The number of amides is 1. The highest BCUT2D eigenvalue weighted by Gasteiger charge is 2.30. The van der Waals surface area contributed by atoms with Gasteiger partial charge in [-0.3, -0.25) is 10.1 Å². The molecule has 0 unspecified atom stereocenters. The average Bonchev–Trinajstić information content (AvgIpc) is 2.87. The zero-order valence-electron chi connectivity index (χ0n) is 8.28. The molecule has 0 atom stereocenters. The molecule has 1 heterocycles. The molecule has 1 aliphatic carbocycles. The second-order valence-corrected chi connectivity index (χ2v) is 3.88. The summed E-state index contributed by atoms with van der Waals surface area (Å²) in [5.41, 5.74) is 0. The highest BCUT2D eigenvalue weighted by atomic mass is 16.5. The van der Waals surface area contributed by atoms with Crippen LogP contribution in [0, 0.1) is 5.92 Å². The summed E-state index contributed by atoms with van der Waals surface area (Å²) in [4.78, 5) is 15.4. The molecule has 5 heteroatoms. The lowest BCUT2D eigenvalue weighted by molar-refractivity contribution is -0.117. The van der Waals surface area contributed by atoms with Crippen LogP contribution in [-0.2, 0) is 4.79 Å². The predicted molar refractivity (Wildman–Crippen MR) is 49.7 cm³/mol. The number of nitrogens with one attached hydrogen (secondary N) is 1. The van der Waals surface area contributed by atoms with E-state index in [0.717, 1.165) is 12.8 Å². The smallest absolute Gasteiger partial charge is 0.315 e. The molecule has 0 radical (unpaired) electrons. The summed E-state index contributed by atoms with van der Waals surface area (Å²) in [6.07, 6.45) is 1.94. The van der Waals surface area contributed by atoms with Crippen molar-refractivity contribution in [2.24, 2.45) is 5.92 Å². The Morgan fingerprint density at radius 3 is 2.79 bits per heavy atom. The Kier molecular flexibility index (Phi) is 2.23. The third-order valence-electron chi connectivity index (χ3n) is 2.14. The van der Waals surface area contributed by atoms with Gasteiger partial charge in [-0.2, -0.15) is 4.98 Å². The SMILES string of the molecule is CC(C)c1noc(NC(=O)C2CC2)n1. The van der Waals surface area contributed by atoms with E-state index in [4.69, 9.17) is 4.52 Å².